The predicted molar refractivity (Wildman–Crippen MR) is 226 cm³/mol. The number of ether oxygens (including phenoxy) is 1. The van der Waals surface area contributed by atoms with Crippen LogP contribution in [0.15, 0.2) is 47.5 Å². The fourth-order valence-electron chi connectivity index (χ4n) is 8.69. The van der Waals surface area contributed by atoms with Gasteiger partial charge in [0.15, 0.2) is 18.2 Å². The normalized spacial score (nSPS) is 20.5. The van der Waals surface area contributed by atoms with Gasteiger partial charge in [-0.25, -0.2) is 14.4 Å². The van der Waals surface area contributed by atoms with Crippen LogP contribution in [0.1, 0.15) is 75.1 Å². The third-order valence-electron chi connectivity index (χ3n) is 12.0. The molecule has 316 valence electrons. The molecule has 8 rings (SSSR count). The molecule has 0 radical (unpaired) electrons. The molecule has 18 heteroatoms. The molecule has 3 aliphatic heterocycles. The van der Waals surface area contributed by atoms with Crippen molar-refractivity contribution in [2.45, 2.75) is 70.0 Å². The number of hydrogen-bond donors (Lipinski definition) is 3. The van der Waals surface area contributed by atoms with Gasteiger partial charge < -0.3 is 25.2 Å². The van der Waals surface area contributed by atoms with Crippen molar-refractivity contribution >= 4 is 68.7 Å². The maximum absolute atomic E-state index is 15.9. The van der Waals surface area contributed by atoms with Crippen LogP contribution in [0.3, 0.4) is 0 Å². The first-order valence-corrected chi connectivity index (χ1v) is 20.8. The molecule has 0 bridgehead atoms. The molecule has 0 spiro atoms. The quantitative estimate of drug-likeness (QED) is 0.156. The molecular formula is C42H49ClFN11O5. The maximum Gasteiger partial charge on any atom is 0.294 e. The zero-order valence-electron chi connectivity index (χ0n) is 34.1. The van der Waals surface area contributed by atoms with E-state index >= 15 is 4.39 Å². The Balaban J connectivity index is 0.879. The first-order chi connectivity index (χ1) is 28.9. The van der Waals surface area contributed by atoms with E-state index in [-0.39, 0.29) is 53.6 Å². The highest BCUT2D eigenvalue weighted by atomic mass is 35.5. The van der Waals surface area contributed by atoms with Crippen molar-refractivity contribution in [3.8, 4) is 5.75 Å². The number of nitrogens with zero attached hydrogens (tertiary/aromatic N) is 8. The van der Waals surface area contributed by atoms with Crippen LogP contribution in [0.4, 0.5) is 21.8 Å². The van der Waals surface area contributed by atoms with Crippen LogP contribution in [-0.4, -0.2) is 104 Å². The number of carbonyl (C=O) groups is 3. The summed E-state index contributed by atoms with van der Waals surface area (Å²) in [6.07, 6.45) is 5.35. The average molecular weight is 842 g/mol. The van der Waals surface area contributed by atoms with Crippen molar-refractivity contribution in [1.82, 2.24) is 44.8 Å². The Bertz CT molecular complexity index is 2520. The third kappa shape index (κ3) is 8.37. The van der Waals surface area contributed by atoms with Crippen LogP contribution in [0.25, 0.3) is 21.9 Å². The lowest BCUT2D eigenvalue weighted by atomic mass is 9.87. The number of rotatable bonds is 11. The van der Waals surface area contributed by atoms with Crippen LogP contribution in [0.5, 0.6) is 5.75 Å². The zero-order chi connectivity index (χ0) is 42.2. The molecule has 7 heterocycles. The number of hydrogen-bond acceptors (Lipinski definition) is 12. The standard InChI is InChI=1S/C42H49ClFN11O5/c1-23(2)55-39-27(17-34(41(55)59)60-22-36(57)45-3)15-28(18-46-39)48-38-31(43)19-47-42(50-38)54-14-11-26(32(44)21-54)20-53-12-9-24(10-13-53)25-5-6-29-33(16-25)52(4)51-37(29)30-7-8-35(56)49-40(30)58/h5-6,15-19,23-24,26,30,32H,7-14,20-22H2,1-4H3,(H,45,57)(H,47,48,50)(H,49,56,58). The van der Waals surface area contributed by atoms with Crippen molar-refractivity contribution in [1.29, 1.82) is 0 Å². The van der Waals surface area contributed by atoms with Gasteiger partial charge in [-0.05, 0) is 82.3 Å². The molecule has 3 N–H and O–H groups in total. The largest absolute Gasteiger partial charge is 0.478 e. The van der Waals surface area contributed by atoms with Crippen LogP contribution < -0.4 is 31.1 Å². The van der Waals surface area contributed by atoms with Gasteiger partial charge in [0.2, 0.25) is 17.8 Å². The summed E-state index contributed by atoms with van der Waals surface area (Å²) >= 11 is 6.55. The summed E-state index contributed by atoms with van der Waals surface area (Å²) < 4.78 is 24.8. The van der Waals surface area contributed by atoms with Crippen LogP contribution >= 0.6 is 11.6 Å². The first kappa shape index (κ1) is 41.1. The summed E-state index contributed by atoms with van der Waals surface area (Å²) in [6, 6.07) is 9.50. The topological polar surface area (TPSA) is 181 Å². The van der Waals surface area contributed by atoms with E-state index in [9.17, 15) is 19.2 Å². The van der Waals surface area contributed by atoms with E-state index in [2.05, 4.69) is 54.0 Å². The molecule has 3 atom stereocenters. The number of aryl methyl sites for hydroxylation is 1. The second-order valence-electron chi connectivity index (χ2n) is 16.2. The van der Waals surface area contributed by atoms with Gasteiger partial charge in [-0.3, -0.25) is 33.7 Å². The molecule has 5 aromatic rings. The van der Waals surface area contributed by atoms with E-state index in [1.54, 1.807) is 18.3 Å². The number of piperidine rings is 3. The van der Waals surface area contributed by atoms with Gasteiger partial charge in [-0.15, -0.1) is 0 Å². The molecule has 3 amide bonds. The number of likely N-dealkylation sites (N-methyl/N-ethyl adjacent to an activating group) is 1. The molecule has 3 aliphatic rings. The third-order valence-corrected chi connectivity index (χ3v) is 12.2. The Morgan fingerprint density at radius 2 is 1.85 bits per heavy atom. The Morgan fingerprint density at radius 1 is 1.05 bits per heavy atom. The second kappa shape index (κ2) is 17.1. The Labute approximate surface area is 350 Å². The fourth-order valence-corrected chi connectivity index (χ4v) is 8.83. The molecule has 3 saturated heterocycles. The highest BCUT2D eigenvalue weighted by Crippen LogP contribution is 2.36. The minimum Gasteiger partial charge on any atom is -0.478 e. The van der Waals surface area contributed by atoms with Gasteiger partial charge >= 0.3 is 0 Å². The van der Waals surface area contributed by atoms with E-state index in [0.29, 0.717) is 72.5 Å². The van der Waals surface area contributed by atoms with Crippen molar-refractivity contribution in [3.05, 3.63) is 69.4 Å². The number of imide groups is 1. The summed E-state index contributed by atoms with van der Waals surface area (Å²) in [5.74, 6) is -0.352. The SMILES string of the molecule is CNC(=O)COc1cc2cc(Nc3nc(N4CCC(CN5CCC(c6ccc7c(C8CCC(=O)NC8=O)nn(C)c7c6)CC5)C(F)C4)ncc3Cl)cnc2n(C(C)C)c1=O. The Morgan fingerprint density at radius 3 is 2.58 bits per heavy atom. The summed E-state index contributed by atoms with van der Waals surface area (Å²) in [7, 11) is 3.38. The minimum absolute atomic E-state index is 0.0262. The molecule has 16 nitrogen and oxygen atoms in total. The second-order valence-corrected chi connectivity index (χ2v) is 16.6. The lowest BCUT2D eigenvalue weighted by Crippen LogP contribution is -2.47. The number of amides is 3. The van der Waals surface area contributed by atoms with Gasteiger partial charge in [-0.1, -0.05) is 23.7 Å². The highest BCUT2D eigenvalue weighted by Gasteiger charge is 2.34. The summed E-state index contributed by atoms with van der Waals surface area (Å²) in [6.45, 7) is 6.62. The Kier molecular flexibility index (Phi) is 11.7. The van der Waals surface area contributed by atoms with Crippen molar-refractivity contribution < 1.29 is 23.5 Å². The van der Waals surface area contributed by atoms with Crippen molar-refractivity contribution in [2.75, 3.05) is 56.6 Å². The monoisotopic (exact) mass is 841 g/mol. The van der Waals surface area contributed by atoms with Gasteiger partial charge in [0.05, 0.1) is 41.8 Å². The van der Waals surface area contributed by atoms with Crippen LogP contribution in [0.2, 0.25) is 5.02 Å². The number of carbonyl (C=O) groups excluding carboxylic acids is 3. The van der Waals surface area contributed by atoms with E-state index in [1.165, 1.54) is 23.4 Å². The number of benzene rings is 1. The van der Waals surface area contributed by atoms with Crippen molar-refractivity contribution in [3.63, 3.8) is 0 Å². The molecule has 0 aliphatic carbocycles. The molecule has 1 aromatic carbocycles. The van der Waals surface area contributed by atoms with Crippen LogP contribution in [0, 0.1) is 5.92 Å². The van der Waals surface area contributed by atoms with E-state index in [0.717, 1.165) is 36.8 Å². The van der Waals surface area contributed by atoms with Gasteiger partial charge in [-0.2, -0.15) is 10.1 Å². The number of alkyl halides is 1. The smallest absolute Gasteiger partial charge is 0.294 e. The fraction of sp³-hybridized carbons (Fsp3) is 0.476. The van der Waals surface area contributed by atoms with Gasteiger partial charge in [0, 0.05) is 56.3 Å². The number of anilines is 3. The molecule has 3 unspecified atom stereocenters. The van der Waals surface area contributed by atoms with Crippen LogP contribution in [-0.2, 0) is 21.4 Å². The summed E-state index contributed by atoms with van der Waals surface area (Å²) in [4.78, 5) is 67.2. The lowest BCUT2D eigenvalue weighted by molar-refractivity contribution is -0.134. The highest BCUT2D eigenvalue weighted by molar-refractivity contribution is 6.33. The molecule has 4 aromatic heterocycles. The number of nitrogens with one attached hydrogen (secondary N) is 3. The van der Waals surface area contributed by atoms with E-state index in [1.807, 2.05) is 30.5 Å². The first-order valence-electron chi connectivity index (χ1n) is 20.5. The number of pyridine rings is 2. The lowest BCUT2D eigenvalue weighted by Gasteiger charge is -2.39. The molecule has 3 fully saturated rings. The number of aromatic nitrogens is 6. The summed E-state index contributed by atoms with van der Waals surface area (Å²) in [5, 5.41) is 14.6. The van der Waals surface area contributed by atoms with E-state index in [4.69, 9.17) is 21.4 Å². The molecular weight excluding hydrogens is 793 g/mol. The predicted octanol–water partition coefficient (Wildman–Crippen LogP) is 4.74. The average Bonchev–Trinajstić information content (AvgIpc) is 3.56. The number of fused-ring (bicyclic) bond motifs is 2. The zero-order valence-corrected chi connectivity index (χ0v) is 34.8. The van der Waals surface area contributed by atoms with E-state index < -0.39 is 17.6 Å². The number of halogens is 2. The Hall–Kier alpha value is -5.68. The van der Waals surface area contributed by atoms with Gasteiger partial charge in [0.1, 0.15) is 16.8 Å². The minimum atomic E-state index is -1.07. The van der Waals surface area contributed by atoms with Crippen molar-refractivity contribution in [2.24, 2.45) is 13.0 Å². The van der Waals surface area contributed by atoms with Gasteiger partial charge in [0.25, 0.3) is 11.5 Å². The maximum atomic E-state index is 15.9. The molecule has 60 heavy (non-hydrogen) atoms. The molecule has 0 saturated carbocycles. The summed E-state index contributed by atoms with van der Waals surface area (Å²) in [5.41, 5.74) is 3.53. The number of likely N-dealkylation sites (tertiary alicyclic amines) is 1.